The van der Waals surface area contributed by atoms with Gasteiger partial charge in [-0.25, -0.2) is 0 Å². The summed E-state index contributed by atoms with van der Waals surface area (Å²) in [6.07, 6.45) is 0.536. The van der Waals surface area contributed by atoms with E-state index in [9.17, 15) is 9.59 Å². The first kappa shape index (κ1) is 13.2. The number of carbonyl (C=O) groups is 2. The summed E-state index contributed by atoms with van der Waals surface area (Å²) in [4.78, 5) is 22.8. The Morgan fingerprint density at radius 1 is 1.22 bits per heavy atom. The minimum atomic E-state index is -0.340. The highest BCUT2D eigenvalue weighted by Gasteiger charge is 2.15. The van der Waals surface area contributed by atoms with Crippen LogP contribution in [0.3, 0.4) is 0 Å². The summed E-state index contributed by atoms with van der Waals surface area (Å²) in [5.41, 5.74) is 0. The van der Waals surface area contributed by atoms with Crippen LogP contribution in [0.25, 0.3) is 0 Å². The lowest BCUT2D eigenvalue weighted by Crippen LogP contribution is -1.90. The van der Waals surface area contributed by atoms with Crippen LogP contribution in [0.5, 0.6) is 0 Å². The second-order valence-electron chi connectivity index (χ2n) is 3.28. The molecule has 2 aromatic rings. The van der Waals surface area contributed by atoms with Crippen molar-refractivity contribution in [1.29, 1.82) is 0 Å². The van der Waals surface area contributed by atoms with E-state index in [0.29, 0.717) is 21.2 Å². The number of aldehydes is 1. The highest BCUT2D eigenvalue weighted by molar-refractivity contribution is 8.14. The van der Waals surface area contributed by atoms with Crippen LogP contribution in [0.1, 0.15) is 21.1 Å². The summed E-state index contributed by atoms with van der Waals surface area (Å²) in [5, 5.41) is 0.579. The first-order valence-corrected chi connectivity index (χ1v) is 6.39. The molecule has 0 aliphatic carbocycles. The Morgan fingerprint density at radius 2 is 2.00 bits per heavy atom. The summed E-state index contributed by atoms with van der Waals surface area (Å²) in [6.45, 7) is 0. The van der Waals surface area contributed by atoms with E-state index in [1.54, 1.807) is 18.2 Å². The molecule has 0 atom stereocenters. The SMILES string of the molecule is O=Cc1ccc(C(=O)Sc2cc(Cl)ccc2Cl)o1. The fraction of sp³-hybridized carbons (Fsp3) is 0. The second-order valence-corrected chi connectivity index (χ2v) is 5.14. The largest absolute Gasteiger partial charge is 0.449 e. The normalized spacial score (nSPS) is 10.3. The Kier molecular flexibility index (Phi) is 4.11. The quantitative estimate of drug-likeness (QED) is 0.625. The van der Waals surface area contributed by atoms with Crippen LogP contribution < -0.4 is 0 Å². The molecule has 1 aromatic heterocycles. The van der Waals surface area contributed by atoms with E-state index in [1.807, 2.05) is 0 Å². The van der Waals surface area contributed by atoms with Crippen LogP contribution in [0, 0.1) is 0 Å². The van der Waals surface area contributed by atoms with Gasteiger partial charge in [-0.15, -0.1) is 0 Å². The van der Waals surface area contributed by atoms with Gasteiger partial charge in [0.2, 0.25) is 0 Å². The molecule has 0 aliphatic heterocycles. The summed E-state index contributed by atoms with van der Waals surface area (Å²) in [7, 11) is 0. The molecule has 0 fully saturated rings. The first-order valence-electron chi connectivity index (χ1n) is 4.82. The van der Waals surface area contributed by atoms with E-state index < -0.39 is 0 Å². The van der Waals surface area contributed by atoms with Gasteiger partial charge in [0.25, 0.3) is 5.12 Å². The monoisotopic (exact) mass is 300 g/mol. The van der Waals surface area contributed by atoms with Crippen molar-refractivity contribution in [2.45, 2.75) is 4.90 Å². The van der Waals surface area contributed by atoms with E-state index in [0.717, 1.165) is 11.8 Å². The molecule has 2 rings (SSSR count). The van der Waals surface area contributed by atoms with Crippen LogP contribution in [0.2, 0.25) is 10.0 Å². The maximum Gasteiger partial charge on any atom is 0.259 e. The Bertz CT molecular complexity index is 607. The van der Waals surface area contributed by atoms with Gasteiger partial charge in [0.15, 0.2) is 17.8 Å². The molecule has 0 amide bonds. The fourth-order valence-corrected chi connectivity index (χ4v) is 2.46. The number of carbonyl (C=O) groups excluding carboxylic acids is 2. The minimum absolute atomic E-state index is 0.0955. The molecule has 0 bridgehead atoms. The Balaban J connectivity index is 2.20. The molecule has 6 heteroatoms. The Hall–Kier alpha value is -1.23. The molecule has 18 heavy (non-hydrogen) atoms. The van der Waals surface area contributed by atoms with Crippen molar-refractivity contribution >= 4 is 46.4 Å². The first-order chi connectivity index (χ1) is 8.60. The van der Waals surface area contributed by atoms with Crippen molar-refractivity contribution in [1.82, 2.24) is 0 Å². The van der Waals surface area contributed by atoms with Gasteiger partial charge in [0, 0.05) is 9.92 Å². The molecule has 0 N–H and O–H groups in total. The third-order valence-electron chi connectivity index (χ3n) is 2.04. The molecular formula is C12H6Cl2O3S. The van der Waals surface area contributed by atoms with Crippen molar-refractivity contribution in [3.05, 3.63) is 51.9 Å². The van der Waals surface area contributed by atoms with Crippen molar-refractivity contribution in [3.8, 4) is 0 Å². The smallest absolute Gasteiger partial charge is 0.259 e. The average molecular weight is 301 g/mol. The molecule has 0 spiro atoms. The lowest BCUT2D eigenvalue weighted by atomic mass is 10.4. The molecule has 0 saturated carbocycles. The van der Waals surface area contributed by atoms with Gasteiger partial charge in [-0.2, -0.15) is 0 Å². The van der Waals surface area contributed by atoms with E-state index in [2.05, 4.69) is 0 Å². The Labute approximate surface area is 117 Å². The van der Waals surface area contributed by atoms with Crippen LogP contribution in [-0.4, -0.2) is 11.4 Å². The molecular weight excluding hydrogens is 295 g/mol. The van der Waals surface area contributed by atoms with Gasteiger partial charge in [-0.1, -0.05) is 23.2 Å². The summed E-state index contributed by atoms with van der Waals surface area (Å²) in [6, 6.07) is 7.71. The number of hydrogen-bond donors (Lipinski definition) is 0. The van der Waals surface area contributed by atoms with Gasteiger partial charge in [-0.3, -0.25) is 9.59 Å². The van der Waals surface area contributed by atoms with Crippen molar-refractivity contribution in [2.75, 3.05) is 0 Å². The zero-order chi connectivity index (χ0) is 13.1. The molecule has 0 saturated heterocycles. The molecule has 0 aliphatic rings. The molecule has 0 unspecified atom stereocenters. The maximum atomic E-state index is 11.9. The van der Waals surface area contributed by atoms with Gasteiger partial charge in [0.05, 0.1) is 5.02 Å². The average Bonchev–Trinajstić information content (AvgIpc) is 2.82. The number of halogens is 2. The third-order valence-corrected chi connectivity index (χ3v) is 3.66. The van der Waals surface area contributed by atoms with E-state index >= 15 is 0 Å². The maximum absolute atomic E-state index is 11.9. The van der Waals surface area contributed by atoms with Gasteiger partial charge >= 0.3 is 0 Å². The lowest BCUT2D eigenvalue weighted by molar-refractivity contribution is 0.105. The minimum Gasteiger partial charge on any atom is -0.449 e. The summed E-state index contributed by atoms with van der Waals surface area (Å²) in [5.74, 6) is 0.203. The number of hydrogen-bond acceptors (Lipinski definition) is 4. The molecule has 1 heterocycles. The topological polar surface area (TPSA) is 47.3 Å². The van der Waals surface area contributed by atoms with E-state index in [-0.39, 0.29) is 16.6 Å². The molecule has 0 radical (unpaired) electrons. The number of rotatable bonds is 3. The fourth-order valence-electron chi connectivity index (χ4n) is 1.23. The third kappa shape index (κ3) is 2.96. The highest BCUT2D eigenvalue weighted by Crippen LogP contribution is 2.32. The predicted molar refractivity (Wildman–Crippen MR) is 70.7 cm³/mol. The van der Waals surface area contributed by atoms with Gasteiger partial charge in [-0.05, 0) is 42.1 Å². The van der Waals surface area contributed by atoms with E-state index in [1.165, 1.54) is 12.1 Å². The molecule has 1 aromatic carbocycles. The number of thioether (sulfide) groups is 1. The standard InChI is InChI=1S/C12H6Cl2O3S/c13-7-1-3-9(14)11(5-7)18-12(16)10-4-2-8(6-15)17-10/h1-6H. The van der Waals surface area contributed by atoms with Crippen molar-refractivity contribution in [3.63, 3.8) is 0 Å². The zero-order valence-electron chi connectivity index (χ0n) is 8.85. The van der Waals surface area contributed by atoms with Gasteiger partial charge in [0.1, 0.15) is 0 Å². The second kappa shape index (κ2) is 5.61. The van der Waals surface area contributed by atoms with E-state index in [4.69, 9.17) is 27.6 Å². The Morgan fingerprint density at radius 3 is 2.67 bits per heavy atom. The van der Waals surface area contributed by atoms with Crippen molar-refractivity contribution < 1.29 is 14.0 Å². The summed E-state index contributed by atoms with van der Waals surface area (Å²) < 4.78 is 5.02. The zero-order valence-corrected chi connectivity index (χ0v) is 11.2. The van der Waals surface area contributed by atoms with Gasteiger partial charge < -0.3 is 4.42 Å². The van der Waals surface area contributed by atoms with Crippen LogP contribution in [0.15, 0.2) is 39.6 Å². The van der Waals surface area contributed by atoms with Crippen LogP contribution >= 0.6 is 35.0 Å². The van der Waals surface area contributed by atoms with Crippen LogP contribution in [-0.2, 0) is 0 Å². The van der Waals surface area contributed by atoms with Crippen molar-refractivity contribution in [2.24, 2.45) is 0 Å². The molecule has 92 valence electrons. The number of benzene rings is 1. The molecule has 3 nitrogen and oxygen atoms in total. The highest BCUT2D eigenvalue weighted by atomic mass is 35.5. The predicted octanol–water partition coefficient (Wildman–Crippen LogP) is 4.33. The number of furan rings is 1. The van der Waals surface area contributed by atoms with Crippen LogP contribution in [0.4, 0.5) is 0 Å². The lowest BCUT2D eigenvalue weighted by Gasteiger charge is -2.02. The summed E-state index contributed by atoms with van der Waals surface area (Å²) >= 11 is 12.7.